The molecule has 1 aromatic carbocycles. The van der Waals surface area contributed by atoms with Gasteiger partial charge in [0.15, 0.2) is 5.16 Å². The minimum atomic E-state index is 0.822. The van der Waals surface area contributed by atoms with Crippen LogP contribution in [-0.4, -0.2) is 32.5 Å². The van der Waals surface area contributed by atoms with Gasteiger partial charge in [-0.1, -0.05) is 23.7 Å². The molecule has 19 heavy (non-hydrogen) atoms. The molecule has 0 fully saturated rings. The summed E-state index contributed by atoms with van der Waals surface area (Å²) >= 11 is 4.58. The van der Waals surface area contributed by atoms with E-state index in [2.05, 4.69) is 26.3 Å². The fourth-order valence-corrected chi connectivity index (χ4v) is 3.51. The number of fused-ring (bicyclic) bond motifs is 1. The van der Waals surface area contributed by atoms with Crippen LogP contribution >= 0.6 is 35.6 Å². The van der Waals surface area contributed by atoms with Crippen LogP contribution in [0.3, 0.4) is 0 Å². The van der Waals surface area contributed by atoms with Gasteiger partial charge < -0.3 is 4.98 Å². The quantitative estimate of drug-likeness (QED) is 0.252. The van der Waals surface area contributed by atoms with Gasteiger partial charge in [0, 0.05) is 16.4 Å². The molecule has 0 aliphatic carbocycles. The Morgan fingerprint density at radius 2 is 2.26 bits per heavy atom. The highest BCUT2D eigenvalue weighted by molar-refractivity contribution is 8.02. The van der Waals surface area contributed by atoms with E-state index in [1.807, 2.05) is 30.0 Å². The Hall–Kier alpha value is -0.380. The summed E-state index contributed by atoms with van der Waals surface area (Å²) in [6.07, 6.45) is 0. The number of H-pyrrole nitrogens is 1. The lowest BCUT2D eigenvalue weighted by Crippen LogP contribution is -1.85. The molecule has 0 saturated carbocycles. The first-order valence-corrected chi connectivity index (χ1v) is 8.56. The molecule has 0 spiro atoms. The molecule has 5 nitrogen and oxygen atoms in total. The molecule has 0 aliphatic rings. The summed E-state index contributed by atoms with van der Waals surface area (Å²) in [7, 11) is 0. The number of nitrogens with one attached hydrogen (secondary N) is 1. The van der Waals surface area contributed by atoms with E-state index in [9.17, 15) is 0 Å². The van der Waals surface area contributed by atoms with Crippen LogP contribution < -0.4 is 0 Å². The lowest BCUT2D eigenvalue weighted by molar-refractivity contribution is -0.432. The number of hydrogen-bond donors (Lipinski definition) is 2. The second-order valence-corrected chi connectivity index (χ2v) is 6.74. The summed E-state index contributed by atoms with van der Waals surface area (Å²) in [5, 5.41) is 12.6. The van der Waals surface area contributed by atoms with Gasteiger partial charge in [0.05, 0.1) is 23.1 Å². The first kappa shape index (κ1) is 15.0. The predicted molar refractivity (Wildman–Crippen MR) is 80.5 cm³/mol. The highest BCUT2D eigenvalue weighted by Crippen LogP contribution is 2.25. The molecule has 2 N–H and O–H groups in total. The Morgan fingerprint density at radius 1 is 1.37 bits per heavy atom. The van der Waals surface area contributed by atoms with Crippen LogP contribution in [0.4, 0.5) is 0 Å². The lowest BCUT2D eigenvalue weighted by atomic mass is 10.3. The number of aromatic nitrogens is 2. The van der Waals surface area contributed by atoms with Crippen molar-refractivity contribution in [2.24, 2.45) is 0 Å². The third-order valence-electron chi connectivity index (χ3n) is 2.26. The van der Waals surface area contributed by atoms with E-state index in [4.69, 9.17) is 5.26 Å². The maximum Gasteiger partial charge on any atom is 0.166 e. The highest BCUT2D eigenvalue weighted by atomic mass is 32.2. The zero-order chi connectivity index (χ0) is 13.5. The zero-order valence-corrected chi connectivity index (χ0v) is 12.7. The Kier molecular flexibility index (Phi) is 6.35. The number of benzene rings is 1. The van der Waals surface area contributed by atoms with Crippen LogP contribution in [0.15, 0.2) is 28.3 Å². The molecule has 0 amide bonds. The molecular weight excluding hydrogens is 304 g/mol. The molecule has 0 radical (unpaired) electrons. The monoisotopic (exact) mass is 318 g/mol. The molecular formula is C11H14N2O3S3. The Labute approximate surface area is 123 Å². The van der Waals surface area contributed by atoms with Crippen LogP contribution in [0, 0.1) is 0 Å². The van der Waals surface area contributed by atoms with Crippen molar-refractivity contribution in [3.63, 3.8) is 0 Å². The lowest BCUT2D eigenvalue weighted by Gasteiger charge is -1.96. The van der Waals surface area contributed by atoms with E-state index in [1.165, 1.54) is 0 Å². The fraction of sp³-hybridized carbons (Fsp3) is 0.364. The van der Waals surface area contributed by atoms with Crippen molar-refractivity contribution in [1.29, 1.82) is 0 Å². The average molecular weight is 318 g/mol. The molecule has 0 unspecified atom stereocenters. The molecule has 0 bridgehead atoms. The SMILES string of the molecule is CCSCCSc1nc2ccc(SOOO)cc2[nH]1. The molecule has 0 atom stereocenters. The Bertz CT molecular complexity index is 521. The van der Waals surface area contributed by atoms with Crippen LogP contribution in [0.2, 0.25) is 0 Å². The zero-order valence-electron chi connectivity index (χ0n) is 10.3. The van der Waals surface area contributed by atoms with Crippen molar-refractivity contribution in [3.8, 4) is 0 Å². The number of hydrogen-bond acceptors (Lipinski definition) is 7. The van der Waals surface area contributed by atoms with Gasteiger partial charge in [-0.2, -0.15) is 11.8 Å². The molecule has 1 heterocycles. The third-order valence-corrected chi connectivity index (χ3v) is 4.87. The van der Waals surface area contributed by atoms with Gasteiger partial charge >= 0.3 is 0 Å². The maximum absolute atomic E-state index is 8.12. The van der Waals surface area contributed by atoms with E-state index in [0.29, 0.717) is 0 Å². The molecule has 104 valence electrons. The van der Waals surface area contributed by atoms with Crippen molar-refractivity contribution >= 4 is 46.6 Å². The van der Waals surface area contributed by atoms with E-state index in [-0.39, 0.29) is 0 Å². The van der Waals surface area contributed by atoms with Gasteiger partial charge in [-0.25, -0.2) is 10.2 Å². The molecule has 0 saturated heterocycles. The molecule has 2 rings (SSSR count). The molecule has 8 heteroatoms. The minimum absolute atomic E-state index is 0.822. The summed E-state index contributed by atoms with van der Waals surface area (Å²) in [5.41, 5.74) is 1.86. The Morgan fingerprint density at radius 3 is 3.05 bits per heavy atom. The smallest absolute Gasteiger partial charge is 0.166 e. The van der Waals surface area contributed by atoms with Crippen LogP contribution in [0.5, 0.6) is 0 Å². The summed E-state index contributed by atoms with van der Waals surface area (Å²) < 4.78 is 4.40. The van der Waals surface area contributed by atoms with Gasteiger partial charge in [-0.15, -0.1) is 4.33 Å². The van der Waals surface area contributed by atoms with E-state index >= 15 is 0 Å². The normalized spacial score (nSPS) is 11.3. The number of imidazole rings is 1. The van der Waals surface area contributed by atoms with Gasteiger partial charge in [-0.3, -0.25) is 0 Å². The van der Waals surface area contributed by atoms with Crippen LogP contribution in [-0.2, 0) is 9.37 Å². The molecule has 2 aromatic rings. The fourth-order valence-electron chi connectivity index (χ4n) is 1.48. The number of nitrogens with zero attached hydrogens (tertiary/aromatic N) is 1. The first-order chi connectivity index (χ1) is 9.33. The first-order valence-electron chi connectivity index (χ1n) is 5.68. The Balaban J connectivity index is 1.99. The summed E-state index contributed by atoms with van der Waals surface area (Å²) in [6, 6.07) is 5.66. The predicted octanol–water partition coefficient (Wildman–Crippen LogP) is 3.84. The third kappa shape index (κ3) is 4.59. The van der Waals surface area contributed by atoms with Crippen molar-refractivity contribution in [2.45, 2.75) is 17.0 Å². The van der Waals surface area contributed by atoms with Crippen LogP contribution in [0.25, 0.3) is 11.0 Å². The van der Waals surface area contributed by atoms with Crippen molar-refractivity contribution in [1.82, 2.24) is 9.97 Å². The van der Waals surface area contributed by atoms with Gasteiger partial charge in [0.1, 0.15) is 0 Å². The molecule has 0 aliphatic heterocycles. The average Bonchev–Trinajstić information content (AvgIpc) is 2.83. The summed E-state index contributed by atoms with van der Waals surface area (Å²) in [4.78, 5) is 8.58. The van der Waals surface area contributed by atoms with E-state index < -0.39 is 0 Å². The highest BCUT2D eigenvalue weighted by Gasteiger charge is 2.05. The number of rotatable bonds is 8. The number of aromatic amines is 1. The second-order valence-electron chi connectivity index (χ2n) is 3.49. The van der Waals surface area contributed by atoms with Crippen molar-refractivity contribution in [2.75, 3.05) is 17.3 Å². The van der Waals surface area contributed by atoms with Gasteiger partial charge in [0.2, 0.25) is 0 Å². The largest absolute Gasteiger partial charge is 0.333 e. The van der Waals surface area contributed by atoms with E-state index in [1.54, 1.807) is 11.8 Å². The van der Waals surface area contributed by atoms with E-state index in [0.717, 1.165) is 50.4 Å². The maximum atomic E-state index is 8.12. The number of thioether (sulfide) groups is 2. The standard InChI is InChI=1S/C11H14N2O3S3/c1-2-17-5-6-18-11-12-9-4-3-8(19-16-15-14)7-10(9)13-11/h3-4,7,14H,2,5-6H2,1H3,(H,12,13). The summed E-state index contributed by atoms with van der Waals surface area (Å²) in [6.45, 7) is 2.16. The van der Waals surface area contributed by atoms with Crippen LogP contribution in [0.1, 0.15) is 6.92 Å². The van der Waals surface area contributed by atoms with Gasteiger partial charge in [-0.05, 0) is 24.0 Å². The summed E-state index contributed by atoms with van der Waals surface area (Å²) in [5.74, 6) is 3.32. The molecule has 1 aromatic heterocycles. The van der Waals surface area contributed by atoms with Crippen molar-refractivity contribution < 1.29 is 14.6 Å². The van der Waals surface area contributed by atoms with Crippen molar-refractivity contribution in [3.05, 3.63) is 18.2 Å². The topological polar surface area (TPSA) is 67.4 Å². The minimum Gasteiger partial charge on any atom is -0.333 e. The second kappa shape index (κ2) is 8.03. The van der Waals surface area contributed by atoms with Gasteiger partial charge in [0.25, 0.3) is 0 Å².